The quantitative estimate of drug-likeness (QED) is 0.793. The summed E-state index contributed by atoms with van der Waals surface area (Å²) in [7, 11) is 0. The first-order valence-electron chi connectivity index (χ1n) is 9.89. The Morgan fingerprint density at radius 2 is 1.78 bits per heavy atom. The molecule has 0 spiro atoms. The molecule has 0 unspecified atom stereocenters. The monoisotopic (exact) mass is 374 g/mol. The van der Waals surface area contributed by atoms with Crippen molar-refractivity contribution in [3.8, 4) is 5.75 Å². The van der Waals surface area contributed by atoms with E-state index in [2.05, 4.69) is 6.07 Å². The zero-order chi connectivity index (χ0) is 19.2. The van der Waals surface area contributed by atoms with Crippen molar-refractivity contribution < 1.29 is 19.1 Å². The highest BCUT2D eigenvalue weighted by Crippen LogP contribution is 2.22. The van der Waals surface area contributed by atoms with Gasteiger partial charge in [-0.15, -0.1) is 0 Å². The number of likely N-dealkylation sites (tertiary alicyclic amines) is 1. The van der Waals surface area contributed by atoms with Crippen LogP contribution >= 0.6 is 0 Å². The molecule has 0 bridgehead atoms. The van der Waals surface area contributed by atoms with Gasteiger partial charge in [0, 0.05) is 32.1 Å². The SMILES string of the molecule is Cc1ccc(OCCC(=O)N2CCC(C(=O)N3CCOCC3)CC2)c(C)c1. The predicted octanol–water partition coefficient (Wildman–Crippen LogP) is 2.17. The van der Waals surface area contributed by atoms with Crippen LogP contribution in [0.25, 0.3) is 0 Å². The fraction of sp³-hybridized carbons (Fsp3) is 0.619. The van der Waals surface area contributed by atoms with E-state index in [9.17, 15) is 9.59 Å². The summed E-state index contributed by atoms with van der Waals surface area (Å²) in [6.45, 7) is 8.39. The maximum atomic E-state index is 12.6. The topological polar surface area (TPSA) is 59.1 Å². The highest BCUT2D eigenvalue weighted by molar-refractivity contribution is 5.80. The second-order valence-corrected chi connectivity index (χ2v) is 7.46. The first-order chi connectivity index (χ1) is 13.0. The van der Waals surface area contributed by atoms with Crippen LogP contribution < -0.4 is 4.74 Å². The van der Waals surface area contributed by atoms with Crippen LogP contribution in [0.2, 0.25) is 0 Å². The standard InChI is InChI=1S/C21H30N2O4/c1-16-3-4-19(17(2)15-16)27-12-7-20(24)22-8-5-18(6-9-22)21(25)23-10-13-26-14-11-23/h3-4,15,18H,5-14H2,1-2H3. The number of hydrogen-bond donors (Lipinski definition) is 0. The molecule has 148 valence electrons. The van der Waals surface area contributed by atoms with Crippen LogP contribution in [-0.4, -0.2) is 67.6 Å². The van der Waals surface area contributed by atoms with Crippen LogP contribution in [0.4, 0.5) is 0 Å². The van der Waals surface area contributed by atoms with Gasteiger partial charge in [0.05, 0.1) is 26.2 Å². The summed E-state index contributed by atoms with van der Waals surface area (Å²) >= 11 is 0. The van der Waals surface area contributed by atoms with Gasteiger partial charge in [-0.3, -0.25) is 9.59 Å². The van der Waals surface area contributed by atoms with E-state index in [1.54, 1.807) is 0 Å². The fourth-order valence-electron chi connectivity index (χ4n) is 3.79. The third kappa shape index (κ3) is 5.22. The van der Waals surface area contributed by atoms with Crippen molar-refractivity contribution in [2.45, 2.75) is 33.1 Å². The summed E-state index contributed by atoms with van der Waals surface area (Å²) in [6, 6.07) is 6.05. The van der Waals surface area contributed by atoms with E-state index < -0.39 is 0 Å². The molecule has 2 aliphatic heterocycles. The molecule has 0 saturated carbocycles. The number of benzene rings is 1. The van der Waals surface area contributed by atoms with E-state index in [4.69, 9.17) is 9.47 Å². The summed E-state index contributed by atoms with van der Waals surface area (Å²) in [5.41, 5.74) is 2.29. The molecule has 2 fully saturated rings. The predicted molar refractivity (Wildman–Crippen MR) is 103 cm³/mol. The van der Waals surface area contributed by atoms with E-state index in [1.165, 1.54) is 5.56 Å². The normalized spacial score (nSPS) is 18.4. The lowest BCUT2D eigenvalue weighted by Crippen LogP contribution is -2.47. The Morgan fingerprint density at radius 3 is 2.44 bits per heavy atom. The lowest BCUT2D eigenvalue weighted by Gasteiger charge is -2.35. The second-order valence-electron chi connectivity index (χ2n) is 7.46. The van der Waals surface area contributed by atoms with Crippen LogP contribution in [-0.2, 0) is 14.3 Å². The molecule has 2 heterocycles. The molecule has 2 saturated heterocycles. The van der Waals surface area contributed by atoms with Crippen LogP contribution in [0, 0.1) is 19.8 Å². The molecule has 2 aliphatic rings. The van der Waals surface area contributed by atoms with E-state index in [0.29, 0.717) is 52.4 Å². The Bertz CT molecular complexity index is 662. The Labute approximate surface area is 161 Å². The van der Waals surface area contributed by atoms with Gasteiger partial charge in [-0.2, -0.15) is 0 Å². The summed E-state index contributed by atoms with van der Waals surface area (Å²) in [5, 5.41) is 0. The maximum absolute atomic E-state index is 12.6. The van der Waals surface area contributed by atoms with E-state index in [1.807, 2.05) is 35.8 Å². The summed E-state index contributed by atoms with van der Waals surface area (Å²) < 4.78 is 11.1. The van der Waals surface area contributed by atoms with Gasteiger partial charge in [-0.05, 0) is 38.3 Å². The number of carbonyl (C=O) groups is 2. The molecule has 6 nitrogen and oxygen atoms in total. The van der Waals surface area contributed by atoms with E-state index >= 15 is 0 Å². The summed E-state index contributed by atoms with van der Waals surface area (Å²) in [5.74, 6) is 1.21. The molecule has 2 amide bonds. The zero-order valence-electron chi connectivity index (χ0n) is 16.4. The minimum Gasteiger partial charge on any atom is -0.493 e. The first kappa shape index (κ1) is 19.7. The van der Waals surface area contributed by atoms with Gasteiger partial charge >= 0.3 is 0 Å². The number of amides is 2. The molecule has 0 aliphatic carbocycles. The summed E-state index contributed by atoms with van der Waals surface area (Å²) in [4.78, 5) is 28.8. The number of nitrogens with zero attached hydrogens (tertiary/aromatic N) is 2. The van der Waals surface area contributed by atoms with Gasteiger partial charge in [0.25, 0.3) is 0 Å². The molecular formula is C21H30N2O4. The molecule has 6 heteroatoms. The van der Waals surface area contributed by atoms with Crippen molar-refractivity contribution in [2.75, 3.05) is 46.0 Å². The van der Waals surface area contributed by atoms with Crippen molar-refractivity contribution >= 4 is 11.8 Å². The Balaban J connectivity index is 1.39. The molecule has 0 atom stereocenters. The smallest absolute Gasteiger partial charge is 0.225 e. The fourth-order valence-corrected chi connectivity index (χ4v) is 3.79. The lowest BCUT2D eigenvalue weighted by molar-refractivity contribution is -0.143. The number of hydrogen-bond acceptors (Lipinski definition) is 4. The van der Waals surface area contributed by atoms with Gasteiger partial charge in [0.1, 0.15) is 5.75 Å². The van der Waals surface area contributed by atoms with Gasteiger partial charge in [-0.1, -0.05) is 17.7 Å². The average Bonchev–Trinajstić information content (AvgIpc) is 2.70. The van der Waals surface area contributed by atoms with Crippen LogP contribution in [0.1, 0.15) is 30.4 Å². The van der Waals surface area contributed by atoms with E-state index in [0.717, 1.165) is 24.2 Å². The van der Waals surface area contributed by atoms with Gasteiger partial charge in [0.2, 0.25) is 11.8 Å². The molecular weight excluding hydrogens is 344 g/mol. The Morgan fingerprint density at radius 1 is 1.07 bits per heavy atom. The molecule has 3 rings (SSSR count). The second kappa shape index (κ2) is 9.22. The molecule has 1 aromatic rings. The maximum Gasteiger partial charge on any atom is 0.225 e. The van der Waals surface area contributed by atoms with Crippen molar-refractivity contribution in [3.63, 3.8) is 0 Å². The third-order valence-electron chi connectivity index (χ3n) is 5.42. The lowest BCUT2D eigenvalue weighted by atomic mass is 9.95. The largest absolute Gasteiger partial charge is 0.493 e. The Kier molecular flexibility index (Phi) is 6.72. The minimum atomic E-state index is 0.0404. The number of aryl methyl sites for hydroxylation is 2. The van der Waals surface area contributed by atoms with Crippen LogP contribution in [0.15, 0.2) is 18.2 Å². The molecule has 27 heavy (non-hydrogen) atoms. The van der Waals surface area contributed by atoms with E-state index in [-0.39, 0.29) is 17.7 Å². The first-order valence-corrected chi connectivity index (χ1v) is 9.89. The number of morpholine rings is 1. The number of ether oxygens (including phenoxy) is 2. The van der Waals surface area contributed by atoms with Crippen molar-refractivity contribution in [1.29, 1.82) is 0 Å². The zero-order valence-corrected chi connectivity index (χ0v) is 16.4. The number of piperidine rings is 1. The van der Waals surface area contributed by atoms with Gasteiger partial charge < -0.3 is 19.3 Å². The van der Waals surface area contributed by atoms with Gasteiger partial charge in [0.15, 0.2) is 0 Å². The van der Waals surface area contributed by atoms with Crippen molar-refractivity contribution in [1.82, 2.24) is 9.80 Å². The van der Waals surface area contributed by atoms with Crippen molar-refractivity contribution in [3.05, 3.63) is 29.3 Å². The number of rotatable bonds is 5. The Hall–Kier alpha value is -2.08. The van der Waals surface area contributed by atoms with Crippen molar-refractivity contribution in [2.24, 2.45) is 5.92 Å². The molecule has 1 aromatic carbocycles. The van der Waals surface area contributed by atoms with Gasteiger partial charge in [-0.25, -0.2) is 0 Å². The van der Waals surface area contributed by atoms with Crippen LogP contribution in [0.5, 0.6) is 5.75 Å². The van der Waals surface area contributed by atoms with Crippen LogP contribution in [0.3, 0.4) is 0 Å². The highest BCUT2D eigenvalue weighted by Gasteiger charge is 2.30. The number of carbonyl (C=O) groups excluding carboxylic acids is 2. The molecule has 0 radical (unpaired) electrons. The third-order valence-corrected chi connectivity index (χ3v) is 5.42. The molecule has 0 aromatic heterocycles. The molecule has 0 N–H and O–H groups in total. The minimum absolute atomic E-state index is 0.0404. The summed E-state index contributed by atoms with van der Waals surface area (Å²) in [6.07, 6.45) is 1.87. The highest BCUT2D eigenvalue weighted by atomic mass is 16.5. The average molecular weight is 374 g/mol.